The van der Waals surface area contributed by atoms with Gasteiger partial charge in [-0.15, -0.1) is 0 Å². The molecule has 0 aromatic heterocycles. The van der Waals surface area contributed by atoms with Crippen molar-refractivity contribution >= 4 is 0 Å². The van der Waals surface area contributed by atoms with E-state index < -0.39 is 0 Å². The van der Waals surface area contributed by atoms with Gasteiger partial charge in [0.2, 0.25) is 0 Å². The molecule has 1 fully saturated rings. The van der Waals surface area contributed by atoms with E-state index in [1.165, 1.54) is 13.1 Å². The number of nitrogens with zero attached hydrogens (tertiary/aromatic N) is 1. The minimum absolute atomic E-state index is 0.412. The van der Waals surface area contributed by atoms with E-state index in [2.05, 4.69) is 25.7 Å². The molecule has 0 saturated carbocycles. The number of hydrogen-bond acceptors (Lipinski definition) is 2. The Balaban J connectivity index is 2.09. The number of rotatable bonds is 4. The third kappa shape index (κ3) is 4.32. The molecule has 0 aliphatic carbocycles. The average Bonchev–Trinajstić information content (AvgIpc) is 2.65. The molecule has 1 rings (SSSR count). The summed E-state index contributed by atoms with van der Waals surface area (Å²) in [4.78, 5) is 2.46. The van der Waals surface area contributed by atoms with E-state index in [1.807, 2.05) is 13.0 Å². The lowest BCUT2D eigenvalue weighted by Gasteiger charge is -2.18. The van der Waals surface area contributed by atoms with E-state index in [0.717, 1.165) is 6.61 Å². The zero-order chi connectivity index (χ0) is 9.90. The lowest BCUT2D eigenvalue weighted by Crippen LogP contribution is -2.21. The normalized spacial score (nSPS) is 28.0. The molecule has 2 heteroatoms. The first-order valence-corrected chi connectivity index (χ1v) is 5.00. The maximum atomic E-state index is 5.33. The van der Waals surface area contributed by atoms with Crippen LogP contribution < -0.4 is 0 Å². The molecule has 2 nitrogen and oxygen atoms in total. The van der Waals surface area contributed by atoms with Crippen LogP contribution in [0.15, 0.2) is 12.3 Å². The highest BCUT2D eigenvalue weighted by molar-refractivity contribution is 4.91. The summed E-state index contributed by atoms with van der Waals surface area (Å²) >= 11 is 0. The fraction of sp³-hybridized carbons (Fsp3) is 0.818. The second-order valence-electron chi connectivity index (χ2n) is 4.95. The van der Waals surface area contributed by atoms with Gasteiger partial charge in [-0.05, 0) is 12.3 Å². The molecule has 1 saturated heterocycles. The summed E-state index contributed by atoms with van der Waals surface area (Å²) in [5, 5.41) is 0. The molecule has 76 valence electrons. The van der Waals surface area contributed by atoms with Crippen LogP contribution in [0.2, 0.25) is 0 Å². The van der Waals surface area contributed by atoms with Crippen LogP contribution in [0.25, 0.3) is 0 Å². The van der Waals surface area contributed by atoms with E-state index in [-0.39, 0.29) is 0 Å². The quantitative estimate of drug-likeness (QED) is 0.489. The summed E-state index contributed by atoms with van der Waals surface area (Å²) in [6.07, 6.45) is 3.70. The molecule has 0 amide bonds. The Labute approximate surface area is 81.6 Å². The fourth-order valence-electron chi connectivity index (χ4n) is 1.45. The van der Waals surface area contributed by atoms with E-state index in [0.29, 0.717) is 11.5 Å². The van der Waals surface area contributed by atoms with E-state index in [4.69, 9.17) is 4.74 Å². The molecule has 0 bridgehead atoms. The smallest absolute Gasteiger partial charge is 0.104 e. The van der Waals surface area contributed by atoms with Crippen molar-refractivity contribution < 1.29 is 4.74 Å². The Kier molecular flexibility index (Phi) is 3.37. The molecule has 13 heavy (non-hydrogen) atoms. The van der Waals surface area contributed by atoms with Crippen LogP contribution in [0.3, 0.4) is 0 Å². The highest BCUT2D eigenvalue weighted by atomic mass is 16.5. The predicted octanol–water partition coefficient (Wildman–Crippen LogP) is 2.27. The van der Waals surface area contributed by atoms with E-state index >= 15 is 0 Å². The molecule has 1 heterocycles. The van der Waals surface area contributed by atoms with Crippen LogP contribution in [0.5, 0.6) is 0 Å². The number of allylic oxidation sites excluding steroid dienone is 1. The Morgan fingerprint density at radius 1 is 1.46 bits per heavy atom. The second kappa shape index (κ2) is 4.14. The van der Waals surface area contributed by atoms with Gasteiger partial charge in [0.25, 0.3) is 0 Å². The standard InChI is InChI=1S/C11H21NO/c1-5-6-13-8-10-7-12(10)9-11(2,3)4/h5-6,10H,7-9H2,1-4H3/b6-5+. The maximum absolute atomic E-state index is 5.33. The van der Waals surface area contributed by atoms with Crippen molar-refractivity contribution in [2.75, 3.05) is 19.7 Å². The summed E-state index contributed by atoms with van der Waals surface area (Å²) in [5.74, 6) is 0. The third-order valence-corrected chi connectivity index (χ3v) is 2.03. The summed E-state index contributed by atoms with van der Waals surface area (Å²) in [6.45, 7) is 12.0. The summed E-state index contributed by atoms with van der Waals surface area (Å²) in [7, 11) is 0. The molecule has 0 N–H and O–H groups in total. The van der Waals surface area contributed by atoms with Gasteiger partial charge in [-0.3, -0.25) is 4.90 Å². The Bertz CT molecular complexity index is 181. The summed E-state index contributed by atoms with van der Waals surface area (Å²) in [5.41, 5.74) is 0.412. The first kappa shape index (κ1) is 10.6. The molecule has 1 aliphatic rings. The molecule has 2 unspecified atom stereocenters. The van der Waals surface area contributed by atoms with Crippen molar-refractivity contribution in [2.45, 2.75) is 33.7 Å². The van der Waals surface area contributed by atoms with E-state index in [1.54, 1.807) is 6.26 Å². The Morgan fingerprint density at radius 3 is 2.69 bits per heavy atom. The highest BCUT2D eigenvalue weighted by Gasteiger charge is 2.36. The number of ether oxygens (including phenoxy) is 1. The molecule has 0 radical (unpaired) electrons. The molecule has 2 atom stereocenters. The molecule has 0 aromatic rings. The lowest BCUT2D eigenvalue weighted by molar-refractivity contribution is 0.219. The monoisotopic (exact) mass is 183 g/mol. The van der Waals surface area contributed by atoms with Gasteiger partial charge >= 0.3 is 0 Å². The van der Waals surface area contributed by atoms with Crippen LogP contribution in [-0.2, 0) is 4.74 Å². The molecule has 0 spiro atoms. The van der Waals surface area contributed by atoms with Gasteiger partial charge in [-0.25, -0.2) is 0 Å². The largest absolute Gasteiger partial charge is 0.500 e. The summed E-state index contributed by atoms with van der Waals surface area (Å²) in [6, 6.07) is 0.662. The first-order chi connectivity index (χ1) is 6.03. The second-order valence-corrected chi connectivity index (χ2v) is 4.95. The molecule has 0 aromatic carbocycles. The minimum atomic E-state index is 0.412. The van der Waals surface area contributed by atoms with Gasteiger partial charge in [0.1, 0.15) is 6.61 Å². The van der Waals surface area contributed by atoms with Crippen LogP contribution >= 0.6 is 0 Å². The topological polar surface area (TPSA) is 12.2 Å². The van der Waals surface area contributed by atoms with Gasteiger partial charge in [0, 0.05) is 13.1 Å². The molecular formula is C11H21NO. The van der Waals surface area contributed by atoms with Gasteiger partial charge < -0.3 is 4.74 Å². The Morgan fingerprint density at radius 2 is 2.15 bits per heavy atom. The maximum Gasteiger partial charge on any atom is 0.104 e. The zero-order valence-electron chi connectivity index (χ0n) is 9.21. The van der Waals surface area contributed by atoms with Crippen molar-refractivity contribution in [3.05, 3.63) is 12.3 Å². The van der Waals surface area contributed by atoms with Gasteiger partial charge in [0.15, 0.2) is 0 Å². The van der Waals surface area contributed by atoms with Crippen LogP contribution in [0.4, 0.5) is 0 Å². The Hall–Kier alpha value is -0.500. The van der Waals surface area contributed by atoms with Crippen LogP contribution in [0.1, 0.15) is 27.7 Å². The third-order valence-electron chi connectivity index (χ3n) is 2.03. The summed E-state index contributed by atoms with van der Waals surface area (Å²) < 4.78 is 5.33. The number of hydrogen-bond donors (Lipinski definition) is 0. The zero-order valence-corrected chi connectivity index (χ0v) is 9.21. The van der Waals surface area contributed by atoms with Crippen molar-refractivity contribution in [3.8, 4) is 0 Å². The first-order valence-electron chi connectivity index (χ1n) is 5.00. The van der Waals surface area contributed by atoms with Crippen molar-refractivity contribution in [1.29, 1.82) is 0 Å². The minimum Gasteiger partial charge on any atom is -0.500 e. The lowest BCUT2D eigenvalue weighted by atomic mass is 9.97. The van der Waals surface area contributed by atoms with Crippen molar-refractivity contribution in [3.63, 3.8) is 0 Å². The van der Waals surface area contributed by atoms with Crippen LogP contribution in [0, 0.1) is 5.41 Å². The molecule has 1 aliphatic heterocycles. The van der Waals surface area contributed by atoms with E-state index in [9.17, 15) is 0 Å². The average molecular weight is 183 g/mol. The van der Waals surface area contributed by atoms with Crippen LogP contribution in [-0.4, -0.2) is 30.6 Å². The van der Waals surface area contributed by atoms with Gasteiger partial charge in [0.05, 0.1) is 12.3 Å². The van der Waals surface area contributed by atoms with Crippen molar-refractivity contribution in [2.24, 2.45) is 5.41 Å². The van der Waals surface area contributed by atoms with Gasteiger partial charge in [-0.1, -0.05) is 26.8 Å². The van der Waals surface area contributed by atoms with Crippen molar-refractivity contribution in [1.82, 2.24) is 4.90 Å². The highest BCUT2D eigenvalue weighted by Crippen LogP contribution is 2.25. The predicted molar refractivity (Wildman–Crippen MR) is 55.6 cm³/mol. The molecular weight excluding hydrogens is 162 g/mol. The van der Waals surface area contributed by atoms with Gasteiger partial charge in [-0.2, -0.15) is 0 Å². The SMILES string of the molecule is C/C=C/OCC1CN1CC(C)(C)C. The fourth-order valence-corrected chi connectivity index (χ4v) is 1.45.